The van der Waals surface area contributed by atoms with E-state index in [-0.39, 0.29) is 25.0 Å². The fourth-order valence-electron chi connectivity index (χ4n) is 1.22. The smallest absolute Gasteiger partial charge is 0.260 e. The molecule has 104 valence electrons. The average Bonchev–Trinajstić information content (AvgIpc) is 2.39. The number of ether oxygens (including phenoxy) is 1. The van der Waals surface area contributed by atoms with Crippen LogP contribution in [0.5, 0.6) is 5.75 Å². The van der Waals surface area contributed by atoms with Gasteiger partial charge >= 0.3 is 0 Å². The van der Waals surface area contributed by atoms with Crippen LogP contribution in [0.25, 0.3) is 0 Å². The molecule has 0 atom stereocenters. The molecule has 2 amide bonds. The molecule has 0 unspecified atom stereocenters. The highest BCUT2D eigenvalue weighted by Crippen LogP contribution is 2.27. The number of likely N-dealkylation sites (N-methyl/N-ethyl adjacent to an activating group) is 2. The first-order chi connectivity index (χ1) is 8.93. The molecule has 0 radical (unpaired) electrons. The van der Waals surface area contributed by atoms with Crippen molar-refractivity contribution in [1.29, 1.82) is 0 Å². The molecule has 5 nitrogen and oxygen atoms in total. The maximum atomic E-state index is 11.7. The lowest BCUT2D eigenvalue weighted by atomic mass is 10.3. The highest BCUT2D eigenvalue weighted by atomic mass is 35.5. The third-order valence-corrected chi connectivity index (χ3v) is 2.88. The Bertz CT molecular complexity index is 480. The summed E-state index contributed by atoms with van der Waals surface area (Å²) in [4.78, 5) is 24.1. The Hall–Kier alpha value is -1.46. The first-order valence-electron chi connectivity index (χ1n) is 5.46. The van der Waals surface area contributed by atoms with Crippen LogP contribution in [0, 0.1) is 0 Å². The molecule has 0 aliphatic carbocycles. The number of carbonyl (C=O) groups excluding carboxylic acids is 2. The molecule has 7 heteroatoms. The minimum absolute atomic E-state index is 0.0258. The Morgan fingerprint density at radius 1 is 1.37 bits per heavy atom. The van der Waals surface area contributed by atoms with E-state index in [1.165, 1.54) is 25.1 Å². The molecule has 0 aliphatic heterocycles. The van der Waals surface area contributed by atoms with Crippen LogP contribution in [0.3, 0.4) is 0 Å². The summed E-state index contributed by atoms with van der Waals surface area (Å²) in [5, 5.41) is 3.26. The van der Waals surface area contributed by atoms with Gasteiger partial charge in [0.05, 0.1) is 11.6 Å². The van der Waals surface area contributed by atoms with E-state index in [1.807, 2.05) is 0 Å². The summed E-state index contributed by atoms with van der Waals surface area (Å²) in [5.74, 6) is -0.257. The van der Waals surface area contributed by atoms with Gasteiger partial charge in [-0.05, 0) is 12.1 Å². The summed E-state index contributed by atoms with van der Waals surface area (Å²) >= 11 is 11.7. The van der Waals surface area contributed by atoms with Crippen molar-refractivity contribution in [3.63, 3.8) is 0 Å². The summed E-state index contributed by atoms with van der Waals surface area (Å²) in [5.41, 5.74) is 0. The SMILES string of the molecule is CNC(=O)CN(C)C(=O)COc1cc(Cl)ccc1Cl. The molecule has 1 rings (SSSR count). The van der Waals surface area contributed by atoms with E-state index < -0.39 is 0 Å². The molecular formula is C12H14Cl2N2O3. The van der Waals surface area contributed by atoms with Gasteiger partial charge in [0.1, 0.15) is 5.75 Å². The fourth-order valence-corrected chi connectivity index (χ4v) is 1.55. The monoisotopic (exact) mass is 304 g/mol. The van der Waals surface area contributed by atoms with E-state index in [0.29, 0.717) is 15.8 Å². The number of halogens is 2. The van der Waals surface area contributed by atoms with Crippen LogP contribution in [0.4, 0.5) is 0 Å². The van der Waals surface area contributed by atoms with Crippen molar-refractivity contribution < 1.29 is 14.3 Å². The van der Waals surface area contributed by atoms with Gasteiger partial charge in [-0.3, -0.25) is 9.59 Å². The zero-order valence-corrected chi connectivity index (χ0v) is 12.1. The zero-order chi connectivity index (χ0) is 14.4. The first-order valence-corrected chi connectivity index (χ1v) is 6.22. The predicted molar refractivity (Wildman–Crippen MR) is 73.7 cm³/mol. The highest BCUT2D eigenvalue weighted by Gasteiger charge is 2.13. The Morgan fingerprint density at radius 2 is 2.05 bits per heavy atom. The van der Waals surface area contributed by atoms with E-state index in [9.17, 15) is 9.59 Å². The lowest BCUT2D eigenvalue weighted by Crippen LogP contribution is -2.39. The fraction of sp³-hybridized carbons (Fsp3) is 0.333. The maximum Gasteiger partial charge on any atom is 0.260 e. The summed E-state index contributed by atoms with van der Waals surface area (Å²) in [7, 11) is 3.02. The number of nitrogens with zero attached hydrogens (tertiary/aromatic N) is 1. The number of carbonyl (C=O) groups is 2. The van der Waals surface area contributed by atoms with Gasteiger partial charge in [-0.2, -0.15) is 0 Å². The second-order valence-corrected chi connectivity index (χ2v) is 4.63. The minimum Gasteiger partial charge on any atom is -0.482 e. The largest absolute Gasteiger partial charge is 0.482 e. The second-order valence-electron chi connectivity index (χ2n) is 3.79. The van der Waals surface area contributed by atoms with Gasteiger partial charge in [0.2, 0.25) is 5.91 Å². The third kappa shape index (κ3) is 4.96. The minimum atomic E-state index is -0.334. The lowest BCUT2D eigenvalue weighted by molar-refractivity contribution is -0.136. The molecular weight excluding hydrogens is 291 g/mol. The van der Waals surface area contributed by atoms with Gasteiger partial charge in [-0.25, -0.2) is 0 Å². The molecule has 0 aromatic heterocycles. The molecule has 0 bridgehead atoms. The van der Waals surface area contributed by atoms with E-state index in [4.69, 9.17) is 27.9 Å². The van der Waals surface area contributed by atoms with Crippen molar-refractivity contribution >= 4 is 35.0 Å². The molecule has 1 N–H and O–H groups in total. The summed E-state index contributed by atoms with van der Waals surface area (Å²) < 4.78 is 5.28. The number of hydrogen-bond donors (Lipinski definition) is 1. The normalized spacial score (nSPS) is 9.89. The molecule has 0 spiro atoms. The van der Waals surface area contributed by atoms with E-state index in [1.54, 1.807) is 12.1 Å². The van der Waals surface area contributed by atoms with Crippen LogP contribution in [0.2, 0.25) is 10.0 Å². The molecule has 0 fully saturated rings. The number of hydrogen-bond acceptors (Lipinski definition) is 3. The first kappa shape index (κ1) is 15.6. The second kappa shape index (κ2) is 7.21. The van der Waals surface area contributed by atoms with Gasteiger partial charge < -0.3 is 15.0 Å². The van der Waals surface area contributed by atoms with Gasteiger partial charge in [0.25, 0.3) is 5.91 Å². The molecule has 0 aliphatic rings. The van der Waals surface area contributed by atoms with Crippen molar-refractivity contribution in [2.45, 2.75) is 0 Å². The van der Waals surface area contributed by atoms with Crippen molar-refractivity contribution in [3.05, 3.63) is 28.2 Å². The maximum absolute atomic E-state index is 11.7. The van der Waals surface area contributed by atoms with Crippen LogP contribution in [0.1, 0.15) is 0 Å². The predicted octanol–water partition coefficient (Wildman–Crippen LogP) is 1.58. The quantitative estimate of drug-likeness (QED) is 0.898. The topological polar surface area (TPSA) is 58.6 Å². The van der Waals surface area contributed by atoms with Crippen molar-refractivity contribution in [2.24, 2.45) is 0 Å². The number of benzene rings is 1. The van der Waals surface area contributed by atoms with Crippen LogP contribution in [-0.4, -0.2) is 44.0 Å². The van der Waals surface area contributed by atoms with Crippen molar-refractivity contribution in [3.8, 4) is 5.75 Å². The Labute approximate surface area is 121 Å². The number of nitrogens with one attached hydrogen (secondary N) is 1. The standard InChI is InChI=1S/C12H14Cl2N2O3/c1-15-11(17)6-16(2)12(18)7-19-10-5-8(13)3-4-9(10)14/h3-5H,6-7H2,1-2H3,(H,15,17). The lowest BCUT2D eigenvalue weighted by Gasteiger charge is -2.16. The average molecular weight is 305 g/mol. The van der Waals surface area contributed by atoms with Crippen LogP contribution in [0.15, 0.2) is 18.2 Å². The highest BCUT2D eigenvalue weighted by molar-refractivity contribution is 6.34. The Kier molecular flexibility index (Phi) is 5.92. The van der Waals surface area contributed by atoms with Crippen LogP contribution < -0.4 is 10.1 Å². The summed E-state index contributed by atoms with van der Waals surface area (Å²) in [6, 6.07) is 4.73. The molecule has 0 saturated carbocycles. The summed E-state index contributed by atoms with van der Waals surface area (Å²) in [6.45, 7) is -0.241. The molecule has 1 aromatic carbocycles. The van der Waals surface area contributed by atoms with Gasteiger partial charge in [-0.15, -0.1) is 0 Å². The number of rotatable bonds is 5. The Morgan fingerprint density at radius 3 is 2.68 bits per heavy atom. The summed E-state index contributed by atoms with van der Waals surface area (Å²) in [6.07, 6.45) is 0. The van der Waals surface area contributed by atoms with Gasteiger partial charge in [0.15, 0.2) is 6.61 Å². The van der Waals surface area contributed by atoms with Crippen LogP contribution >= 0.6 is 23.2 Å². The van der Waals surface area contributed by atoms with E-state index in [2.05, 4.69) is 5.32 Å². The zero-order valence-electron chi connectivity index (χ0n) is 10.6. The van der Waals surface area contributed by atoms with Crippen LogP contribution in [-0.2, 0) is 9.59 Å². The van der Waals surface area contributed by atoms with Gasteiger partial charge in [0, 0.05) is 25.2 Å². The molecule has 0 heterocycles. The Balaban J connectivity index is 2.54. The van der Waals surface area contributed by atoms with E-state index >= 15 is 0 Å². The molecule has 19 heavy (non-hydrogen) atoms. The molecule has 1 aromatic rings. The van der Waals surface area contributed by atoms with Gasteiger partial charge in [-0.1, -0.05) is 23.2 Å². The van der Waals surface area contributed by atoms with Crippen molar-refractivity contribution in [1.82, 2.24) is 10.2 Å². The molecule has 0 saturated heterocycles. The third-order valence-electron chi connectivity index (χ3n) is 2.33. The van der Waals surface area contributed by atoms with Crippen molar-refractivity contribution in [2.75, 3.05) is 27.2 Å². The number of amides is 2. The van der Waals surface area contributed by atoms with E-state index in [0.717, 1.165) is 0 Å².